The number of carbonyl (C=O) groups excluding carboxylic acids is 1. The van der Waals surface area contributed by atoms with E-state index in [9.17, 15) is 4.79 Å². The third-order valence-electron chi connectivity index (χ3n) is 1.19. The average Bonchev–Trinajstić information content (AvgIpc) is 1.77. The highest BCUT2D eigenvalue weighted by Gasteiger charge is 2.19. The lowest BCUT2D eigenvalue weighted by atomic mass is 10.1. The van der Waals surface area contributed by atoms with Gasteiger partial charge in [-0.1, -0.05) is 0 Å². The van der Waals surface area contributed by atoms with Crippen LogP contribution in [0.4, 0.5) is 0 Å². The molecule has 8 heavy (non-hydrogen) atoms. The molecule has 0 spiro atoms. The maximum absolute atomic E-state index is 10.4. The highest BCUT2D eigenvalue weighted by atomic mass is 16.3. The van der Waals surface area contributed by atoms with Crippen molar-refractivity contribution in [2.75, 3.05) is 6.54 Å². The molecule has 1 unspecified atom stereocenters. The zero-order valence-corrected chi connectivity index (χ0v) is 4.50. The molecule has 1 heterocycles. The predicted molar refractivity (Wildman–Crippen MR) is 27.2 cm³/mol. The van der Waals surface area contributed by atoms with Crippen molar-refractivity contribution in [1.82, 2.24) is 5.32 Å². The molecule has 1 saturated heterocycles. The minimum absolute atomic E-state index is 0.351. The van der Waals surface area contributed by atoms with E-state index in [1.165, 1.54) is 0 Å². The Balaban J connectivity index is 2.39. The molecule has 0 aromatic carbocycles. The van der Waals surface area contributed by atoms with Crippen molar-refractivity contribution >= 4 is 5.91 Å². The van der Waals surface area contributed by atoms with Crippen molar-refractivity contribution in [2.45, 2.75) is 18.9 Å². The van der Waals surface area contributed by atoms with E-state index in [1.807, 2.05) is 0 Å². The Morgan fingerprint density at radius 2 is 2.50 bits per heavy atom. The van der Waals surface area contributed by atoms with Gasteiger partial charge >= 0.3 is 0 Å². The van der Waals surface area contributed by atoms with E-state index in [1.54, 1.807) is 0 Å². The summed E-state index contributed by atoms with van der Waals surface area (Å²) < 4.78 is 0. The van der Waals surface area contributed by atoms with E-state index in [-0.39, 0.29) is 5.91 Å². The fourth-order valence-electron chi connectivity index (χ4n) is 0.703. The molecule has 0 aromatic heterocycles. The van der Waals surface area contributed by atoms with Crippen LogP contribution < -0.4 is 5.32 Å². The molecule has 0 bridgehead atoms. The minimum atomic E-state index is -0.802. The molecule has 3 nitrogen and oxygen atoms in total. The van der Waals surface area contributed by atoms with E-state index in [0.29, 0.717) is 13.0 Å². The largest absolute Gasteiger partial charge is 0.383 e. The first-order valence-electron chi connectivity index (χ1n) is 2.70. The fourth-order valence-corrected chi connectivity index (χ4v) is 0.703. The Morgan fingerprint density at radius 3 is 2.88 bits per heavy atom. The fraction of sp³-hybridized carbons (Fsp3) is 0.800. The van der Waals surface area contributed by atoms with E-state index in [2.05, 4.69) is 5.32 Å². The summed E-state index contributed by atoms with van der Waals surface area (Å²) in [6, 6.07) is 0. The summed E-state index contributed by atoms with van der Waals surface area (Å²) in [6.45, 7) is 0.593. The van der Waals surface area contributed by atoms with Crippen molar-refractivity contribution in [1.29, 1.82) is 0 Å². The van der Waals surface area contributed by atoms with Crippen LogP contribution in [0.15, 0.2) is 0 Å². The summed E-state index contributed by atoms with van der Waals surface area (Å²) in [5.41, 5.74) is 0. The van der Waals surface area contributed by atoms with Crippen LogP contribution in [-0.4, -0.2) is 23.7 Å². The van der Waals surface area contributed by atoms with Crippen LogP contribution in [-0.2, 0) is 4.79 Å². The Hall–Kier alpha value is -0.570. The summed E-state index contributed by atoms with van der Waals surface area (Å²) in [4.78, 5) is 10.4. The van der Waals surface area contributed by atoms with Crippen LogP contribution in [0.2, 0.25) is 0 Å². The van der Waals surface area contributed by atoms with Gasteiger partial charge in [0.25, 0.3) is 5.91 Å². The van der Waals surface area contributed by atoms with E-state index in [0.717, 1.165) is 6.42 Å². The normalized spacial score (nSPS) is 29.6. The maximum atomic E-state index is 10.4. The molecule has 0 saturated carbocycles. The molecule has 3 heteroatoms. The first-order valence-corrected chi connectivity index (χ1v) is 2.70. The lowest BCUT2D eigenvalue weighted by Crippen LogP contribution is -2.34. The van der Waals surface area contributed by atoms with Gasteiger partial charge in [-0.05, 0) is 12.8 Å². The Morgan fingerprint density at radius 1 is 1.75 bits per heavy atom. The molecule has 1 atom stereocenters. The van der Waals surface area contributed by atoms with Crippen LogP contribution in [0.5, 0.6) is 0 Å². The summed E-state index contributed by atoms with van der Waals surface area (Å²) in [7, 11) is 0. The third-order valence-corrected chi connectivity index (χ3v) is 1.19. The second-order valence-corrected chi connectivity index (χ2v) is 1.88. The van der Waals surface area contributed by atoms with Gasteiger partial charge in [0.05, 0.1) is 0 Å². The summed E-state index contributed by atoms with van der Waals surface area (Å²) in [5, 5.41) is 12.3. The Bertz CT molecular complexity index is 103. The summed E-state index contributed by atoms with van der Waals surface area (Å²) in [6.07, 6.45) is 0.624. The first-order chi connectivity index (χ1) is 3.80. The van der Waals surface area contributed by atoms with Crippen LogP contribution in [0, 0.1) is 0 Å². The number of aliphatic hydroxyl groups is 1. The Labute approximate surface area is 47.7 Å². The molecule has 1 aliphatic heterocycles. The van der Waals surface area contributed by atoms with Crippen LogP contribution in [0.3, 0.4) is 0 Å². The lowest BCUT2D eigenvalue weighted by Gasteiger charge is -2.13. The maximum Gasteiger partial charge on any atom is 0.269 e. The molecule has 0 aliphatic carbocycles. The zero-order valence-electron chi connectivity index (χ0n) is 4.50. The predicted octanol–water partition coefficient (Wildman–Crippen LogP) is -0.728. The molecule has 1 aliphatic rings. The average molecular weight is 114 g/mol. The van der Waals surface area contributed by atoms with Gasteiger partial charge in [-0.15, -0.1) is 0 Å². The van der Waals surface area contributed by atoms with Gasteiger partial charge in [0.15, 0.2) is 0 Å². The van der Waals surface area contributed by atoms with Crippen LogP contribution in [0.25, 0.3) is 0 Å². The second kappa shape index (κ2) is 2.13. The molecule has 0 aromatic rings. The number of aliphatic hydroxyl groups excluding tert-OH is 1. The lowest BCUT2D eigenvalue weighted by molar-refractivity contribution is -0.131. The van der Waals surface area contributed by atoms with Gasteiger partial charge in [-0.2, -0.15) is 0 Å². The van der Waals surface area contributed by atoms with E-state index in [4.69, 9.17) is 5.11 Å². The highest BCUT2D eigenvalue weighted by Crippen LogP contribution is 2.02. The zero-order chi connectivity index (χ0) is 5.98. The van der Waals surface area contributed by atoms with E-state index >= 15 is 0 Å². The minimum Gasteiger partial charge on any atom is -0.383 e. The van der Waals surface area contributed by atoms with Crippen molar-refractivity contribution in [3.05, 3.63) is 0 Å². The number of hydrogen-bond acceptors (Lipinski definition) is 2. The van der Waals surface area contributed by atoms with Gasteiger partial charge in [0.2, 0.25) is 0 Å². The van der Waals surface area contributed by atoms with Crippen molar-refractivity contribution in [3.8, 4) is 0 Å². The SMILES string of the molecule is O=C1[N]CCCC1O. The topological polar surface area (TPSA) is 51.4 Å². The van der Waals surface area contributed by atoms with Crippen LogP contribution in [0.1, 0.15) is 12.8 Å². The molecule has 1 amide bonds. The summed E-state index contributed by atoms with van der Waals surface area (Å²) in [5.74, 6) is -0.351. The van der Waals surface area contributed by atoms with Gasteiger partial charge < -0.3 is 5.11 Å². The van der Waals surface area contributed by atoms with Gasteiger partial charge in [0.1, 0.15) is 6.10 Å². The highest BCUT2D eigenvalue weighted by molar-refractivity contribution is 5.80. The van der Waals surface area contributed by atoms with Gasteiger partial charge in [-0.25, -0.2) is 5.32 Å². The summed E-state index contributed by atoms with van der Waals surface area (Å²) >= 11 is 0. The number of piperidine rings is 1. The monoisotopic (exact) mass is 114 g/mol. The Kier molecular flexibility index (Phi) is 1.48. The van der Waals surface area contributed by atoms with Gasteiger partial charge in [-0.3, -0.25) is 4.79 Å². The van der Waals surface area contributed by atoms with Crippen molar-refractivity contribution < 1.29 is 9.90 Å². The molecular weight excluding hydrogens is 106 g/mol. The van der Waals surface area contributed by atoms with Crippen molar-refractivity contribution in [2.24, 2.45) is 0 Å². The molecule has 1 fully saturated rings. The van der Waals surface area contributed by atoms with Gasteiger partial charge in [0, 0.05) is 6.54 Å². The number of amides is 1. The molecular formula is C5H8NO2. The smallest absolute Gasteiger partial charge is 0.269 e. The molecule has 45 valence electrons. The number of rotatable bonds is 0. The van der Waals surface area contributed by atoms with Crippen LogP contribution >= 0.6 is 0 Å². The quantitative estimate of drug-likeness (QED) is 0.451. The standard InChI is InChI=1S/C5H8NO2/c7-4-2-1-3-6-5(4)8/h4,7H,1-3H2. The number of hydrogen-bond donors (Lipinski definition) is 1. The number of carbonyl (C=O) groups is 1. The molecule has 1 N–H and O–H groups in total. The van der Waals surface area contributed by atoms with E-state index < -0.39 is 6.10 Å². The molecule has 1 rings (SSSR count). The molecule has 1 radical (unpaired) electrons. The van der Waals surface area contributed by atoms with Crippen molar-refractivity contribution in [3.63, 3.8) is 0 Å². The first kappa shape index (κ1) is 5.56. The third kappa shape index (κ3) is 0.980. The number of nitrogens with zero attached hydrogens (tertiary/aromatic N) is 1. The second-order valence-electron chi connectivity index (χ2n) is 1.88.